The maximum atomic E-state index is 12.5. The van der Waals surface area contributed by atoms with Gasteiger partial charge in [-0.05, 0) is 51.0 Å². The lowest BCUT2D eigenvalue weighted by Crippen LogP contribution is -2.47. The molecule has 0 unspecified atom stereocenters. The molecule has 0 aromatic heterocycles. The molecule has 1 heterocycles. The first kappa shape index (κ1) is 19.5. The van der Waals surface area contributed by atoms with Gasteiger partial charge in [-0.3, -0.25) is 0 Å². The van der Waals surface area contributed by atoms with Crippen molar-refractivity contribution in [1.82, 2.24) is 10.2 Å². The predicted octanol–water partition coefficient (Wildman–Crippen LogP) is 5.13. The van der Waals surface area contributed by atoms with Crippen molar-refractivity contribution in [3.05, 3.63) is 53.6 Å². The van der Waals surface area contributed by atoms with Crippen LogP contribution in [0.2, 0.25) is 5.02 Å². The summed E-state index contributed by atoms with van der Waals surface area (Å²) in [5.74, 6) is 1.10. The monoisotopic (exact) mass is 387 g/mol. The highest BCUT2D eigenvalue weighted by Gasteiger charge is 2.22. The summed E-state index contributed by atoms with van der Waals surface area (Å²) in [6, 6.07) is 15.1. The molecule has 6 heteroatoms. The Bertz CT molecular complexity index is 774. The molecule has 1 aliphatic rings. The molecule has 1 aliphatic heterocycles. The maximum Gasteiger partial charge on any atom is 0.319 e. The van der Waals surface area contributed by atoms with Crippen molar-refractivity contribution in [2.75, 3.05) is 18.4 Å². The molecule has 0 aliphatic carbocycles. The van der Waals surface area contributed by atoms with Gasteiger partial charge in [-0.25, -0.2) is 4.79 Å². The van der Waals surface area contributed by atoms with Gasteiger partial charge < -0.3 is 20.3 Å². The highest BCUT2D eigenvalue weighted by Crippen LogP contribution is 2.33. The molecule has 27 heavy (non-hydrogen) atoms. The first-order chi connectivity index (χ1) is 13.0. The van der Waals surface area contributed by atoms with E-state index < -0.39 is 0 Å². The van der Waals surface area contributed by atoms with Crippen molar-refractivity contribution in [2.45, 2.75) is 38.8 Å². The fourth-order valence-electron chi connectivity index (χ4n) is 3.21. The normalized spacial score (nSPS) is 15.6. The molecule has 2 amide bonds. The van der Waals surface area contributed by atoms with Crippen LogP contribution >= 0.6 is 11.6 Å². The standard InChI is InChI=1S/C21H26ClN3O2/c1-15(2)25-13-11-16(12-14-25)23-21(26)24-18-8-4-6-10-20(18)27-19-9-5-3-7-17(19)22/h3-10,15-16H,11-14H2,1-2H3,(H2,23,24,26). The number of anilines is 1. The summed E-state index contributed by atoms with van der Waals surface area (Å²) in [6.07, 6.45) is 1.92. The number of nitrogens with zero attached hydrogens (tertiary/aromatic N) is 1. The van der Waals surface area contributed by atoms with Crippen molar-refractivity contribution >= 4 is 23.3 Å². The molecule has 2 N–H and O–H groups in total. The van der Waals surface area contributed by atoms with Gasteiger partial charge in [0.15, 0.2) is 5.75 Å². The van der Waals surface area contributed by atoms with Crippen molar-refractivity contribution in [2.24, 2.45) is 0 Å². The number of hydrogen-bond acceptors (Lipinski definition) is 3. The van der Waals surface area contributed by atoms with E-state index in [9.17, 15) is 4.79 Å². The first-order valence-corrected chi connectivity index (χ1v) is 9.73. The predicted molar refractivity (Wildman–Crippen MR) is 110 cm³/mol. The molecule has 0 radical (unpaired) electrons. The second kappa shape index (κ2) is 9.11. The Balaban J connectivity index is 1.59. The van der Waals surface area contributed by atoms with Crippen LogP contribution in [0.4, 0.5) is 10.5 Å². The van der Waals surface area contributed by atoms with Gasteiger partial charge in [-0.2, -0.15) is 0 Å². The van der Waals surface area contributed by atoms with Crippen LogP contribution in [-0.2, 0) is 0 Å². The van der Waals surface area contributed by atoms with E-state index in [1.54, 1.807) is 18.2 Å². The number of urea groups is 1. The number of halogens is 1. The summed E-state index contributed by atoms with van der Waals surface area (Å²) in [5, 5.41) is 6.49. The maximum absolute atomic E-state index is 12.5. The van der Waals surface area contributed by atoms with Crippen molar-refractivity contribution in [1.29, 1.82) is 0 Å². The Labute approximate surface area is 165 Å². The van der Waals surface area contributed by atoms with E-state index in [0.29, 0.717) is 28.3 Å². The lowest BCUT2D eigenvalue weighted by atomic mass is 10.0. The summed E-state index contributed by atoms with van der Waals surface area (Å²) in [6.45, 7) is 6.43. The molecule has 1 fully saturated rings. The van der Waals surface area contributed by atoms with E-state index in [1.807, 2.05) is 30.3 Å². The summed E-state index contributed by atoms with van der Waals surface area (Å²) < 4.78 is 5.89. The fourth-order valence-corrected chi connectivity index (χ4v) is 3.38. The number of nitrogens with one attached hydrogen (secondary N) is 2. The zero-order valence-electron chi connectivity index (χ0n) is 15.7. The fraction of sp³-hybridized carbons (Fsp3) is 0.381. The van der Waals surface area contributed by atoms with Crippen molar-refractivity contribution in [3.8, 4) is 11.5 Å². The van der Waals surface area contributed by atoms with Gasteiger partial charge in [0.2, 0.25) is 0 Å². The van der Waals surface area contributed by atoms with Crippen LogP contribution in [0.3, 0.4) is 0 Å². The van der Waals surface area contributed by atoms with E-state index in [4.69, 9.17) is 16.3 Å². The molecule has 0 atom stereocenters. The Kier molecular flexibility index (Phi) is 6.58. The van der Waals surface area contributed by atoms with Crippen molar-refractivity contribution in [3.63, 3.8) is 0 Å². The lowest BCUT2D eigenvalue weighted by molar-refractivity contribution is 0.163. The number of carbonyl (C=O) groups excluding carboxylic acids is 1. The number of likely N-dealkylation sites (tertiary alicyclic amines) is 1. The summed E-state index contributed by atoms with van der Waals surface area (Å²) in [4.78, 5) is 14.9. The molecule has 1 saturated heterocycles. The van der Waals surface area contributed by atoms with Crippen molar-refractivity contribution < 1.29 is 9.53 Å². The van der Waals surface area contributed by atoms with E-state index in [1.165, 1.54) is 0 Å². The average molecular weight is 388 g/mol. The molecule has 0 bridgehead atoms. The van der Waals surface area contributed by atoms with Crippen LogP contribution < -0.4 is 15.4 Å². The van der Waals surface area contributed by atoms with Crippen LogP contribution in [0.5, 0.6) is 11.5 Å². The van der Waals surface area contributed by atoms with Gasteiger partial charge in [0.05, 0.1) is 10.7 Å². The minimum atomic E-state index is -0.215. The Morgan fingerprint density at radius 1 is 1.07 bits per heavy atom. The zero-order chi connectivity index (χ0) is 19.2. The number of amides is 2. The van der Waals surface area contributed by atoms with Gasteiger partial charge in [0.25, 0.3) is 0 Å². The highest BCUT2D eigenvalue weighted by atomic mass is 35.5. The summed E-state index contributed by atoms with van der Waals surface area (Å²) >= 11 is 6.17. The summed E-state index contributed by atoms with van der Waals surface area (Å²) in [7, 11) is 0. The first-order valence-electron chi connectivity index (χ1n) is 9.36. The molecule has 0 spiro atoms. The minimum absolute atomic E-state index is 0.191. The van der Waals surface area contributed by atoms with Crippen LogP contribution in [0, 0.1) is 0 Å². The van der Waals surface area contributed by atoms with E-state index in [0.717, 1.165) is 25.9 Å². The average Bonchev–Trinajstić information content (AvgIpc) is 2.65. The van der Waals surface area contributed by atoms with Gasteiger partial charge >= 0.3 is 6.03 Å². The smallest absolute Gasteiger partial charge is 0.319 e. The highest BCUT2D eigenvalue weighted by molar-refractivity contribution is 6.32. The van der Waals surface area contributed by atoms with Gasteiger partial charge in [0.1, 0.15) is 5.75 Å². The van der Waals surface area contributed by atoms with E-state index >= 15 is 0 Å². The van der Waals surface area contributed by atoms with Gasteiger partial charge in [0, 0.05) is 25.2 Å². The second-order valence-corrected chi connectivity index (χ2v) is 7.44. The third-order valence-corrected chi connectivity index (χ3v) is 5.10. The summed E-state index contributed by atoms with van der Waals surface area (Å²) in [5.41, 5.74) is 0.606. The molecular formula is C21H26ClN3O2. The number of piperidine rings is 1. The topological polar surface area (TPSA) is 53.6 Å². The van der Waals surface area contributed by atoms with Gasteiger partial charge in [-0.1, -0.05) is 35.9 Å². The molecular weight excluding hydrogens is 362 g/mol. The zero-order valence-corrected chi connectivity index (χ0v) is 16.5. The second-order valence-electron chi connectivity index (χ2n) is 7.03. The Hall–Kier alpha value is -2.24. The van der Waals surface area contributed by atoms with Crippen LogP contribution in [-0.4, -0.2) is 36.1 Å². The Morgan fingerprint density at radius 2 is 1.70 bits per heavy atom. The Morgan fingerprint density at radius 3 is 2.37 bits per heavy atom. The quantitative estimate of drug-likeness (QED) is 0.748. The largest absolute Gasteiger partial charge is 0.454 e. The SMILES string of the molecule is CC(C)N1CCC(NC(=O)Nc2ccccc2Oc2ccccc2Cl)CC1. The van der Waals surface area contributed by atoms with Crippen LogP contribution in [0.1, 0.15) is 26.7 Å². The van der Waals surface area contributed by atoms with E-state index in [2.05, 4.69) is 29.4 Å². The third-order valence-electron chi connectivity index (χ3n) is 4.79. The number of para-hydroxylation sites is 3. The van der Waals surface area contributed by atoms with Gasteiger partial charge in [-0.15, -0.1) is 0 Å². The van der Waals surface area contributed by atoms with E-state index in [-0.39, 0.29) is 12.1 Å². The number of hydrogen-bond donors (Lipinski definition) is 2. The third kappa shape index (κ3) is 5.37. The van der Waals surface area contributed by atoms with Crippen LogP contribution in [0.25, 0.3) is 0 Å². The molecule has 2 aromatic rings. The minimum Gasteiger partial charge on any atom is -0.454 e. The molecule has 3 rings (SSSR count). The molecule has 0 saturated carbocycles. The molecule has 2 aromatic carbocycles. The number of carbonyl (C=O) groups is 1. The molecule has 5 nitrogen and oxygen atoms in total. The number of rotatable bonds is 5. The number of ether oxygens (including phenoxy) is 1. The number of benzene rings is 2. The molecule has 144 valence electrons. The van der Waals surface area contributed by atoms with Crippen LogP contribution in [0.15, 0.2) is 48.5 Å². The lowest BCUT2D eigenvalue weighted by Gasteiger charge is -2.34.